The van der Waals surface area contributed by atoms with Gasteiger partial charge < -0.3 is 4.74 Å². The highest BCUT2D eigenvalue weighted by Crippen LogP contribution is 2.28. The lowest BCUT2D eigenvalue weighted by molar-refractivity contribution is 0.341. The van der Waals surface area contributed by atoms with E-state index >= 15 is 0 Å². The molecule has 0 aliphatic carbocycles. The number of aryl methyl sites for hydroxylation is 1. The molecule has 150 valence electrons. The molecule has 0 atom stereocenters. The number of ether oxygens (including phenoxy) is 1. The van der Waals surface area contributed by atoms with Gasteiger partial charge in [-0.1, -0.05) is 42.4 Å². The molecule has 9 heteroatoms. The molecule has 0 saturated carbocycles. The summed E-state index contributed by atoms with van der Waals surface area (Å²) < 4.78 is 10.3. The predicted octanol–water partition coefficient (Wildman–Crippen LogP) is 5.04. The topological polar surface area (TPSA) is 61.4 Å². The van der Waals surface area contributed by atoms with Gasteiger partial charge in [-0.05, 0) is 52.7 Å². The van der Waals surface area contributed by atoms with Crippen LogP contribution in [0.5, 0.6) is 5.75 Å². The number of halogens is 2. The molecule has 0 aliphatic heterocycles. The second-order valence-electron chi connectivity index (χ2n) is 6.36. The molecule has 29 heavy (non-hydrogen) atoms. The van der Waals surface area contributed by atoms with Gasteiger partial charge in [-0.25, -0.2) is 0 Å². The highest BCUT2D eigenvalue weighted by Gasteiger charge is 2.16. The molecule has 0 unspecified atom stereocenters. The minimum absolute atomic E-state index is 0.0326. The van der Waals surface area contributed by atoms with E-state index in [9.17, 15) is 4.79 Å². The summed E-state index contributed by atoms with van der Waals surface area (Å²) in [5.74, 6) is 1.99. The van der Waals surface area contributed by atoms with Gasteiger partial charge in [0.2, 0.25) is 5.78 Å². The van der Waals surface area contributed by atoms with Gasteiger partial charge in [0, 0.05) is 17.3 Å². The van der Waals surface area contributed by atoms with E-state index < -0.39 is 0 Å². The van der Waals surface area contributed by atoms with E-state index in [1.807, 2.05) is 41.7 Å². The van der Waals surface area contributed by atoms with Crippen LogP contribution < -0.4 is 10.3 Å². The smallest absolute Gasteiger partial charge is 0.262 e. The summed E-state index contributed by atoms with van der Waals surface area (Å²) in [6.07, 6.45) is 0.840. The van der Waals surface area contributed by atoms with Gasteiger partial charge in [-0.2, -0.15) is 0 Å². The molecular weight excluding hydrogens is 476 g/mol. The summed E-state index contributed by atoms with van der Waals surface area (Å²) in [5.41, 5.74) is 0.781. The zero-order valence-electron chi connectivity index (χ0n) is 15.6. The van der Waals surface area contributed by atoms with Crippen LogP contribution in [0.2, 0.25) is 5.02 Å². The van der Waals surface area contributed by atoms with E-state index in [2.05, 4.69) is 26.1 Å². The number of hydrogen-bond acceptors (Lipinski definition) is 5. The van der Waals surface area contributed by atoms with Crippen molar-refractivity contribution in [1.82, 2.24) is 19.2 Å². The Labute approximate surface area is 185 Å². The zero-order chi connectivity index (χ0) is 20.4. The first-order valence-electron chi connectivity index (χ1n) is 9.17. The second-order valence-corrected chi connectivity index (χ2v) is 8.72. The van der Waals surface area contributed by atoms with Crippen LogP contribution in [0, 0.1) is 0 Å². The van der Waals surface area contributed by atoms with Gasteiger partial charge in [0.15, 0.2) is 5.16 Å². The summed E-state index contributed by atoms with van der Waals surface area (Å²) in [6, 6.07) is 13.0. The minimum Gasteiger partial charge on any atom is -0.492 e. The Morgan fingerprint density at radius 3 is 2.83 bits per heavy atom. The van der Waals surface area contributed by atoms with E-state index in [1.165, 1.54) is 11.8 Å². The molecule has 4 rings (SSSR count). The highest BCUT2D eigenvalue weighted by atomic mass is 79.9. The Kier molecular flexibility index (Phi) is 6.12. The number of benzene rings is 2. The van der Waals surface area contributed by atoms with Crippen molar-refractivity contribution in [2.75, 3.05) is 12.4 Å². The normalized spacial score (nSPS) is 11.4. The maximum absolute atomic E-state index is 12.9. The molecule has 0 bridgehead atoms. The first-order chi connectivity index (χ1) is 14.1. The van der Waals surface area contributed by atoms with Crippen molar-refractivity contribution in [3.8, 4) is 5.75 Å². The Morgan fingerprint density at radius 1 is 1.21 bits per heavy atom. The average Bonchev–Trinajstić information content (AvgIpc) is 3.14. The third kappa shape index (κ3) is 4.01. The number of thioether (sulfide) groups is 1. The molecule has 0 spiro atoms. The van der Waals surface area contributed by atoms with Crippen LogP contribution in [0.1, 0.15) is 13.3 Å². The summed E-state index contributed by atoms with van der Waals surface area (Å²) in [5, 5.41) is 10.7. The minimum atomic E-state index is -0.0326. The number of aromatic nitrogens is 4. The van der Waals surface area contributed by atoms with Gasteiger partial charge in [0.1, 0.15) is 5.75 Å². The van der Waals surface area contributed by atoms with Crippen LogP contribution in [0.3, 0.4) is 0 Å². The molecule has 0 fully saturated rings. The Hall–Kier alpha value is -2.03. The fourth-order valence-corrected chi connectivity index (χ4v) is 4.68. The predicted molar refractivity (Wildman–Crippen MR) is 120 cm³/mol. The Bertz CT molecular complexity index is 1240. The molecule has 2 aromatic heterocycles. The number of nitrogens with zero attached hydrogens (tertiary/aromatic N) is 4. The van der Waals surface area contributed by atoms with Crippen LogP contribution in [0.15, 0.2) is 56.9 Å². The molecular formula is C20H18BrClN4O2S. The van der Waals surface area contributed by atoms with Gasteiger partial charge in [0.25, 0.3) is 5.56 Å². The number of fused-ring (bicyclic) bond motifs is 3. The standard InChI is InChI=1S/C20H18BrClN4O2S/c1-2-9-25-18(27)14-5-3-4-6-16(14)26-19(25)23-24-20(26)29-11-10-28-17-8-7-13(22)12-15(17)21/h3-8,12H,2,9-11H2,1H3. The van der Waals surface area contributed by atoms with E-state index in [0.29, 0.717) is 35.1 Å². The quantitative estimate of drug-likeness (QED) is 0.267. The maximum atomic E-state index is 12.9. The first kappa shape index (κ1) is 20.3. The fourth-order valence-electron chi connectivity index (χ4n) is 3.13. The summed E-state index contributed by atoms with van der Waals surface area (Å²) in [7, 11) is 0. The number of para-hydroxylation sites is 1. The molecule has 0 radical (unpaired) electrons. The third-order valence-electron chi connectivity index (χ3n) is 4.39. The molecule has 4 aromatic rings. The van der Waals surface area contributed by atoms with Crippen molar-refractivity contribution in [3.05, 3.63) is 62.3 Å². The second kappa shape index (κ2) is 8.77. The third-order valence-corrected chi connectivity index (χ3v) is 6.14. The monoisotopic (exact) mass is 492 g/mol. The largest absolute Gasteiger partial charge is 0.492 e. The van der Waals surface area contributed by atoms with Crippen LogP contribution in [0.25, 0.3) is 16.7 Å². The SMILES string of the molecule is CCCn1c(=O)c2ccccc2n2c(SCCOc3ccc(Cl)cc3Br)nnc12. The van der Waals surface area contributed by atoms with Crippen molar-refractivity contribution in [3.63, 3.8) is 0 Å². The van der Waals surface area contributed by atoms with Crippen molar-refractivity contribution < 1.29 is 4.74 Å². The van der Waals surface area contributed by atoms with E-state index in [4.69, 9.17) is 16.3 Å². The average molecular weight is 494 g/mol. The molecule has 0 aliphatic rings. The highest BCUT2D eigenvalue weighted by molar-refractivity contribution is 9.10. The molecule has 2 aromatic carbocycles. The van der Waals surface area contributed by atoms with Gasteiger partial charge >= 0.3 is 0 Å². The lowest BCUT2D eigenvalue weighted by Gasteiger charge is -2.11. The molecule has 6 nitrogen and oxygen atoms in total. The molecule has 2 heterocycles. The van der Waals surface area contributed by atoms with Gasteiger partial charge in [-0.15, -0.1) is 10.2 Å². The van der Waals surface area contributed by atoms with Gasteiger partial charge in [-0.3, -0.25) is 13.8 Å². The van der Waals surface area contributed by atoms with Crippen LogP contribution >= 0.6 is 39.3 Å². The maximum Gasteiger partial charge on any atom is 0.262 e. The van der Waals surface area contributed by atoms with Gasteiger partial charge in [0.05, 0.1) is 22.0 Å². The van der Waals surface area contributed by atoms with E-state index in [0.717, 1.165) is 27.3 Å². The van der Waals surface area contributed by atoms with Crippen LogP contribution in [-0.4, -0.2) is 31.5 Å². The van der Waals surface area contributed by atoms with Crippen LogP contribution in [-0.2, 0) is 6.54 Å². The fraction of sp³-hybridized carbons (Fsp3) is 0.250. The number of hydrogen-bond donors (Lipinski definition) is 0. The Balaban J connectivity index is 1.60. The van der Waals surface area contributed by atoms with Crippen molar-refractivity contribution in [2.24, 2.45) is 0 Å². The lowest BCUT2D eigenvalue weighted by atomic mass is 10.2. The first-order valence-corrected chi connectivity index (χ1v) is 11.3. The van der Waals surface area contributed by atoms with Crippen molar-refractivity contribution in [1.29, 1.82) is 0 Å². The molecule has 0 N–H and O–H groups in total. The lowest BCUT2D eigenvalue weighted by Crippen LogP contribution is -2.23. The summed E-state index contributed by atoms with van der Waals surface area (Å²) in [6.45, 7) is 3.13. The number of rotatable bonds is 7. The zero-order valence-corrected chi connectivity index (χ0v) is 18.8. The Morgan fingerprint density at radius 2 is 2.03 bits per heavy atom. The molecule has 0 saturated heterocycles. The summed E-state index contributed by atoms with van der Waals surface area (Å²) >= 11 is 11.0. The molecule has 0 amide bonds. The van der Waals surface area contributed by atoms with E-state index in [-0.39, 0.29) is 5.56 Å². The van der Waals surface area contributed by atoms with E-state index in [1.54, 1.807) is 16.7 Å². The summed E-state index contributed by atoms with van der Waals surface area (Å²) in [4.78, 5) is 12.9. The van der Waals surface area contributed by atoms with Crippen molar-refractivity contribution >= 4 is 56.0 Å². The van der Waals surface area contributed by atoms with Crippen LogP contribution in [0.4, 0.5) is 0 Å². The van der Waals surface area contributed by atoms with Crippen molar-refractivity contribution in [2.45, 2.75) is 25.0 Å².